The Balaban J connectivity index is 1.43. The maximum absolute atomic E-state index is 15.0. The molecule has 4 aliphatic rings. The largest absolute Gasteiger partial charge is 0.489 e. The van der Waals surface area contributed by atoms with Crippen molar-refractivity contribution < 1.29 is 23.8 Å². The van der Waals surface area contributed by atoms with Crippen LogP contribution in [0.25, 0.3) is 11.3 Å². The van der Waals surface area contributed by atoms with E-state index in [9.17, 15) is 14.7 Å². The number of carbonyl (C=O) groups is 2. The van der Waals surface area contributed by atoms with E-state index >= 15 is 4.39 Å². The molecule has 0 saturated carbocycles. The van der Waals surface area contributed by atoms with Gasteiger partial charge in [0.25, 0.3) is 5.91 Å². The number of hydrogen-bond donors (Lipinski definition) is 1. The number of aromatic nitrogens is 1. The Bertz CT molecular complexity index is 1320. The van der Waals surface area contributed by atoms with Crippen LogP contribution < -0.4 is 9.64 Å². The number of hydrogen-bond acceptors (Lipinski definition) is 7. The van der Waals surface area contributed by atoms with Crippen molar-refractivity contribution in [3.05, 3.63) is 40.7 Å². The molecule has 5 heterocycles. The molecular weight excluding hydrogens is 539 g/mol. The number of anilines is 1. The van der Waals surface area contributed by atoms with Gasteiger partial charge in [-0.25, -0.2) is 14.2 Å². The lowest BCUT2D eigenvalue weighted by Crippen LogP contribution is -2.57. The first-order chi connectivity index (χ1) is 19.2. The molecule has 1 aromatic heterocycles. The Kier molecular flexibility index (Phi) is 7.22. The fourth-order valence-corrected chi connectivity index (χ4v) is 6.70. The van der Waals surface area contributed by atoms with Crippen molar-refractivity contribution in [3.63, 3.8) is 0 Å². The number of likely N-dealkylation sites (N-methyl/N-ethyl adjacent to an activating group) is 1. The van der Waals surface area contributed by atoms with E-state index in [0.717, 1.165) is 32.6 Å². The van der Waals surface area contributed by atoms with Crippen molar-refractivity contribution in [2.24, 2.45) is 0 Å². The van der Waals surface area contributed by atoms with Crippen molar-refractivity contribution in [1.82, 2.24) is 24.6 Å². The van der Waals surface area contributed by atoms with E-state index in [2.05, 4.69) is 28.7 Å². The van der Waals surface area contributed by atoms with Crippen molar-refractivity contribution in [1.29, 1.82) is 0 Å². The molecule has 0 aliphatic carbocycles. The van der Waals surface area contributed by atoms with E-state index in [1.165, 1.54) is 11.0 Å². The van der Waals surface area contributed by atoms with Gasteiger partial charge < -0.3 is 29.4 Å². The molecule has 2 aromatic rings. The Morgan fingerprint density at radius 1 is 1.07 bits per heavy atom. The van der Waals surface area contributed by atoms with Gasteiger partial charge in [0.2, 0.25) is 0 Å². The third-order valence-electron chi connectivity index (χ3n) is 8.73. The SMILES string of the molecule is CC1CC(N2CCN(C)CC2)CN1c1nc(-c2ccccc2F)c(Cl)c2c1C(=O)N1CCN(C(=O)O)C[C@H]1CO2. The highest BCUT2D eigenvalue weighted by Crippen LogP contribution is 2.45. The van der Waals surface area contributed by atoms with Gasteiger partial charge in [0, 0.05) is 70.0 Å². The smallest absolute Gasteiger partial charge is 0.407 e. The number of ether oxygens (including phenoxy) is 1. The molecule has 0 spiro atoms. The highest BCUT2D eigenvalue weighted by Gasteiger charge is 2.43. The van der Waals surface area contributed by atoms with E-state index < -0.39 is 18.0 Å². The van der Waals surface area contributed by atoms with E-state index in [4.69, 9.17) is 21.3 Å². The summed E-state index contributed by atoms with van der Waals surface area (Å²) >= 11 is 6.87. The molecular formula is C28H34ClFN6O4. The molecule has 0 bridgehead atoms. The summed E-state index contributed by atoms with van der Waals surface area (Å²) in [6.45, 7) is 7.43. The van der Waals surface area contributed by atoms with Crippen molar-refractivity contribution >= 4 is 29.4 Å². The third-order valence-corrected chi connectivity index (χ3v) is 9.08. The Labute approximate surface area is 237 Å². The van der Waals surface area contributed by atoms with Gasteiger partial charge >= 0.3 is 6.09 Å². The number of rotatable bonds is 3. The van der Waals surface area contributed by atoms with Crippen LogP contribution in [0.3, 0.4) is 0 Å². The maximum atomic E-state index is 15.0. The van der Waals surface area contributed by atoms with E-state index in [0.29, 0.717) is 18.4 Å². The molecule has 4 aliphatic heterocycles. The fraction of sp³-hybridized carbons (Fsp3) is 0.536. The van der Waals surface area contributed by atoms with Gasteiger partial charge in [-0.05, 0) is 32.5 Å². The molecule has 40 heavy (non-hydrogen) atoms. The normalized spacial score (nSPS) is 25.9. The first-order valence-electron chi connectivity index (χ1n) is 13.8. The molecule has 3 atom stereocenters. The second-order valence-electron chi connectivity index (χ2n) is 11.2. The summed E-state index contributed by atoms with van der Waals surface area (Å²) in [6, 6.07) is 6.19. The van der Waals surface area contributed by atoms with Gasteiger partial charge in [-0.2, -0.15) is 0 Å². The predicted molar refractivity (Wildman–Crippen MR) is 149 cm³/mol. The number of pyridine rings is 1. The topological polar surface area (TPSA) is 92.7 Å². The zero-order valence-electron chi connectivity index (χ0n) is 22.7. The molecule has 12 heteroatoms. The van der Waals surface area contributed by atoms with Crippen LogP contribution in [0.2, 0.25) is 5.02 Å². The zero-order chi connectivity index (χ0) is 28.1. The number of carboxylic acid groups (broad SMARTS) is 1. The summed E-state index contributed by atoms with van der Waals surface area (Å²) in [4.78, 5) is 40.7. The van der Waals surface area contributed by atoms with E-state index in [1.807, 2.05) is 0 Å². The average Bonchev–Trinajstić information content (AvgIpc) is 3.26. The second kappa shape index (κ2) is 10.7. The second-order valence-corrected chi connectivity index (χ2v) is 11.6. The number of benzene rings is 1. The van der Waals surface area contributed by atoms with E-state index in [1.54, 1.807) is 23.1 Å². The predicted octanol–water partition coefficient (Wildman–Crippen LogP) is 2.95. The molecule has 3 fully saturated rings. The lowest BCUT2D eigenvalue weighted by atomic mass is 10.1. The highest BCUT2D eigenvalue weighted by atomic mass is 35.5. The fourth-order valence-electron chi connectivity index (χ4n) is 6.41. The standard InChI is InChI=1S/C28H34ClFN6O4/c1-17-13-18(33-9-7-32(2)8-10-33)15-36(17)26-22-25(23(29)24(31-26)20-5-3-4-6-21(20)30)40-16-19-14-34(28(38)39)11-12-35(19)27(22)37/h3-6,17-19H,7-16H2,1-2H3,(H,38,39)/t17?,18?,19-/m0/s1. The average molecular weight is 573 g/mol. The Morgan fingerprint density at radius 2 is 1.82 bits per heavy atom. The Morgan fingerprint density at radius 3 is 2.55 bits per heavy atom. The molecule has 214 valence electrons. The Hall–Kier alpha value is -3.15. The van der Waals surface area contributed by atoms with Gasteiger partial charge in [-0.15, -0.1) is 0 Å². The first-order valence-corrected chi connectivity index (χ1v) is 14.2. The minimum absolute atomic E-state index is 0.0713. The molecule has 1 N–H and O–H groups in total. The number of amides is 2. The van der Waals surface area contributed by atoms with Crippen LogP contribution in [0.4, 0.5) is 15.0 Å². The highest BCUT2D eigenvalue weighted by molar-refractivity contribution is 6.35. The summed E-state index contributed by atoms with van der Waals surface area (Å²) < 4.78 is 21.2. The first kappa shape index (κ1) is 27.0. The van der Waals surface area contributed by atoms with Crippen LogP contribution in [0.5, 0.6) is 5.75 Å². The molecule has 2 unspecified atom stereocenters. The minimum Gasteiger partial charge on any atom is -0.489 e. The monoisotopic (exact) mass is 572 g/mol. The zero-order valence-corrected chi connectivity index (χ0v) is 23.5. The molecule has 1 aromatic carbocycles. The molecule has 10 nitrogen and oxygen atoms in total. The van der Waals surface area contributed by atoms with Crippen molar-refractivity contribution in [2.75, 3.05) is 70.9 Å². The number of nitrogens with zero attached hydrogens (tertiary/aromatic N) is 6. The number of carbonyl (C=O) groups excluding carboxylic acids is 1. The molecule has 0 radical (unpaired) electrons. The molecule has 2 amide bonds. The molecule has 3 saturated heterocycles. The lowest BCUT2D eigenvalue weighted by molar-refractivity contribution is 0.0390. The number of piperazine rings is 2. The number of halogens is 2. The number of fused-ring (bicyclic) bond motifs is 2. The third kappa shape index (κ3) is 4.73. The van der Waals surface area contributed by atoms with E-state index in [-0.39, 0.29) is 65.8 Å². The van der Waals surface area contributed by atoms with Gasteiger partial charge in [0.1, 0.15) is 28.8 Å². The van der Waals surface area contributed by atoms with Crippen molar-refractivity contribution in [3.8, 4) is 17.0 Å². The van der Waals surface area contributed by atoms with Crippen LogP contribution in [-0.4, -0.2) is 126 Å². The summed E-state index contributed by atoms with van der Waals surface area (Å²) in [7, 11) is 2.13. The molecule has 6 rings (SSSR count). The van der Waals surface area contributed by atoms with Crippen LogP contribution in [-0.2, 0) is 0 Å². The van der Waals surface area contributed by atoms with Crippen molar-refractivity contribution in [2.45, 2.75) is 31.5 Å². The summed E-state index contributed by atoms with van der Waals surface area (Å²) in [6.07, 6.45) is -0.121. The maximum Gasteiger partial charge on any atom is 0.407 e. The quantitative estimate of drug-likeness (QED) is 0.600. The van der Waals surface area contributed by atoms with Gasteiger partial charge in [0.05, 0.1) is 11.7 Å². The lowest BCUT2D eigenvalue weighted by Gasteiger charge is -2.38. The summed E-state index contributed by atoms with van der Waals surface area (Å²) in [5.74, 6) is -0.140. The summed E-state index contributed by atoms with van der Waals surface area (Å²) in [5.41, 5.74) is 0.722. The summed E-state index contributed by atoms with van der Waals surface area (Å²) in [5, 5.41) is 9.61. The minimum atomic E-state index is -1.03. The van der Waals surface area contributed by atoms with Gasteiger partial charge in [0.15, 0.2) is 5.75 Å². The van der Waals surface area contributed by atoms with Crippen LogP contribution in [0.1, 0.15) is 23.7 Å². The van der Waals surface area contributed by atoms with Crippen LogP contribution in [0.15, 0.2) is 24.3 Å². The van der Waals surface area contributed by atoms with Crippen LogP contribution in [0, 0.1) is 5.82 Å². The van der Waals surface area contributed by atoms with Gasteiger partial charge in [-0.3, -0.25) is 9.69 Å². The van der Waals surface area contributed by atoms with Gasteiger partial charge in [-0.1, -0.05) is 23.7 Å². The van der Waals surface area contributed by atoms with Crippen LogP contribution >= 0.6 is 11.6 Å².